The lowest BCUT2D eigenvalue weighted by Crippen LogP contribution is -2.26. The van der Waals surface area contributed by atoms with Crippen molar-refractivity contribution in [2.24, 2.45) is 0 Å². The summed E-state index contributed by atoms with van der Waals surface area (Å²) in [6.07, 6.45) is 0. The van der Waals surface area contributed by atoms with Gasteiger partial charge in [0.25, 0.3) is 11.1 Å². The molecule has 0 saturated heterocycles. The Morgan fingerprint density at radius 3 is 1.80 bits per heavy atom. The second-order valence-corrected chi connectivity index (χ2v) is 7.63. The van der Waals surface area contributed by atoms with Crippen LogP contribution in [0, 0.1) is 6.92 Å². The van der Waals surface area contributed by atoms with E-state index in [0.29, 0.717) is 5.56 Å². The number of aryl methyl sites for hydroxylation is 1. The summed E-state index contributed by atoms with van der Waals surface area (Å²) in [6.45, 7) is 1.89. The monoisotopic (exact) mass is 476 g/mol. The molecule has 0 saturated carbocycles. The summed E-state index contributed by atoms with van der Waals surface area (Å²) in [4.78, 5) is 49.6. The van der Waals surface area contributed by atoms with Crippen molar-refractivity contribution in [3.8, 4) is 17.5 Å². The van der Waals surface area contributed by atoms with Crippen molar-refractivity contribution in [2.75, 3.05) is 11.5 Å². The summed E-state index contributed by atoms with van der Waals surface area (Å²) >= 11 is 0. The molecule has 0 unspecified atom stereocenters. The Morgan fingerprint density at radius 1 is 0.857 bits per heavy atom. The Labute approximate surface area is 196 Å². The highest BCUT2D eigenvalue weighted by Crippen LogP contribution is 2.36. The third-order valence-electron chi connectivity index (χ3n) is 5.20. The smallest absolute Gasteiger partial charge is 0.343 e. The number of H-pyrrole nitrogens is 2. The van der Waals surface area contributed by atoms with Crippen LogP contribution in [0.1, 0.15) is 38.5 Å². The van der Waals surface area contributed by atoms with Crippen molar-refractivity contribution in [1.82, 2.24) is 19.9 Å². The average molecular weight is 476 g/mol. The molecule has 0 aliphatic rings. The van der Waals surface area contributed by atoms with E-state index >= 15 is 0 Å². The van der Waals surface area contributed by atoms with E-state index in [2.05, 4.69) is 19.9 Å². The molecular weight excluding hydrogens is 456 g/mol. The van der Waals surface area contributed by atoms with Crippen LogP contribution in [0.3, 0.4) is 0 Å². The molecule has 0 bridgehead atoms. The van der Waals surface area contributed by atoms with E-state index in [-0.39, 0.29) is 34.3 Å². The van der Waals surface area contributed by atoms with Gasteiger partial charge in [-0.05, 0) is 36.8 Å². The summed E-state index contributed by atoms with van der Waals surface area (Å²) in [5.74, 6) is -3.92. The number of esters is 1. The summed E-state index contributed by atoms with van der Waals surface area (Å²) in [5, 5.41) is 20.8. The van der Waals surface area contributed by atoms with E-state index in [1.54, 1.807) is 24.3 Å². The van der Waals surface area contributed by atoms with Crippen LogP contribution in [-0.4, -0.2) is 36.1 Å². The second kappa shape index (κ2) is 9.02. The van der Waals surface area contributed by atoms with Crippen molar-refractivity contribution >= 4 is 17.9 Å². The molecule has 0 atom stereocenters. The standard InChI is InChI=1S/C23H20N6O6/c1-10-2-4-12(5-3-10)21(34)35-13-8-6-11(7-9-13)14(15-17(30)26-22(24)27-18(15)31)16-19(32)28-23(25)29-20(16)33/h2-9,14H,1H3,(H4,24,26,27,30,31)(H4,25,28,29,32,33). The predicted molar refractivity (Wildman–Crippen MR) is 125 cm³/mol. The van der Waals surface area contributed by atoms with Gasteiger partial charge >= 0.3 is 5.97 Å². The molecule has 2 aromatic carbocycles. The van der Waals surface area contributed by atoms with Crippen LogP contribution in [-0.2, 0) is 0 Å². The van der Waals surface area contributed by atoms with Crippen LogP contribution in [0.15, 0.2) is 58.1 Å². The minimum Gasteiger partial charge on any atom is -0.493 e. The maximum atomic E-state index is 12.7. The number of nitrogens with zero attached hydrogens (tertiary/aromatic N) is 2. The van der Waals surface area contributed by atoms with Crippen LogP contribution in [0.2, 0.25) is 0 Å². The van der Waals surface area contributed by atoms with Crippen molar-refractivity contribution in [2.45, 2.75) is 12.8 Å². The molecular formula is C23H20N6O6. The minimum absolute atomic E-state index is 0.181. The molecule has 178 valence electrons. The molecule has 12 heteroatoms. The van der Waals surface area contributed by atoms with Crippen LogP contribution in [0.5, 0.6) is 17.5 Å². The maximum Gasteiger partial charge on any atom is 0.343 e. The largest absolute Gasteiger partial charge is 0.493 e. The number of nitrogens with two attached hydrogens (primary N) is 2. The zero-order chi connectivity index (χ0) is 25.3. The van der Waals surface area contributed by atoms with E-state index in [9.17, 15) is 24.6 Å². The number of anilines is 2. The molecule has 2 aromatic heterocycles. The molecule has 0 aliphatic heterocycles. The van der Waals surface area contributed by atoms with Gasteiger partial charge in [0, 0.05) is 0 Å². The third kappa shape index (κ3) is 4.66. The van der Waals surface area contributed by atoms with Gasteiger partial charge in [0.1, 0.15) is 5.75 Å². The fraction of sp³-hybridized carbons (Fsp3) is 0.0870. The fourth-order valence-corrected chi connectivity index (χ4v) is 3.56. The predicted octanol–water partition coefficient (Wildman–Crippen LogP) is 1.14. The van der Waals surface area contributed by atoms with Crippen molar-refractivity contribution in [3.63, 3.8) is 0 Å². The third-order valence-corrected chi connectivity index (χ3v) is 5.20. The highest BCUT2D eigenvalue weighted by molar-refractivity contribution is 5.91. The Kier molecular flexibility index (Phi) is 5.94. The molecule has 35 heavy (non-hydrogen) atoms. The highest BCUT2D eigenvalue weighted by Gasteiger charge is 2.30. The number of carbonyl (C=O) groups excluding carboxylic acids is 1. The normalized spacial score (nSPS) is 10.9. The van der Waals surface area contributed by atoms with E-state index in [0.717, 1.165) is 5.56 Å². The van der Waals surface area contributed by atoms with Gasteiger partial charge in [-0.3, -0.25) is 19.6 Å². The van der Waals surface area contributed by atoms with Crippen LogP contribution >= 0.6 is 0 Å². The van der Waals surface area contributed by atoms with Gasteiger partial charge in [-0.2, -0.15) is 9.97 Å². The number of rotatable bonds is 5. The van der Waals surface area contributed by atoms with Crippen molar-refractivity contribution in [1.29, 1.82) is 0 Å². The van der Waals surface area contributed by atoms with Crippen LogP contribution < -0.4 is 27.3 Å². The Hall–Kier alpha value is -5.13. The Balaban J connectivity index is 1.78. The van der Waals surface area contributed by atoms with Gasteiger partial charge in [-0.1, -0.05) is 29.8 Å². The molecule has 0 fully saturated rings. The number of nitrogens with one attached hydrogen (secondary N) is 2. The maximum absolute atomic E-state index is 12.7. The lowest BCUT2D eigenvalue weighted by atomic mass is 9.87. The molecule has 8 N–H and O–H groups in total. The molecule has 0 spiro atoms. The van der Waals surface area contributed by atoms with Gasteiger partial charge in [-0.25, -0.2) is 4.79 Å². The SMILES string of the molecule is Cc1ccc(C(=O)Oc2ccc(C(c3c(O)nc(N)[nH]c3=O)c3c(O)nc(N)[nH]c3=O)cc2)cc1. The number of hydrogen-bond donors (Lipinski definition) is 6. The molecule has 2 heterocycles. The molecule has 4 rings (SSSR count). The van der Waals surface area contributed by atoms with E-state index in [1.165, 1.54) is 24.3 Å². The topological polar surface area (TPSA) is 210 Å². The zero-order valence-electron chi connectivity index (χ0n) is 18.3. The number of carbonyl (C=O) groups is 1. The van der Waals surface area contributed by atoms with Gasteiger partial charge in [0.05, 0.1) is 22.6 Å². The van der Waals surface area contributed by atoms with Crippen molar-refractivity contribution in [3.05, 3.63) is 97.1 Å². The minimum atomic E-state index is -1.33. The summed E-state index contributed by atoms with van der Waals surface area (Å²) in [7, 11) is 0. The van der Waals surface area contributed by atoms with Crippen LogP contribution in [0.4, 0.5) is 11.9 Å². The zero-order valence-corrected chi connectivity index (χ0v) is 18.3. The second-order valence-electron chi connectivity index (χ2n) is 7.63. The van der Waals surface area contributed by atoms with Gasteiger partial charge in [-0.15, -0.1) is 0 Å². The average Bonchev–Trinajstić information content (AvgIpc) is 2.78. The first-order valence-electron chi connectivity index (χ1n) is 10.2. The number of ether oxygens (including phenoxy) is 1. The summed E-state index contributed by atoms with van der Waals surface area (Å²) < 4.78 is 5.38. The van der Waals surface area contributed by atoms with Crippen molar-refractivity contribution < 1.29 is 19.7 Å². The van der Waals surface area contributed by atoms with E-state index < -0.39 is 34.8 Å². The lowest BCUT2D eigenvalue weighted by molar-refractivity contribution is 0.0734. The first kappa shape index (κ1) is 23.0. The van der Waals surface area contributed by atoms with E-state index in [1.807, 2.05) is 6.92 Å². The number of hydrogen-bond acceptors (Lipinski definition) is 10. The number of aromatic nitrogens is 4. The Bertz CT molecular complexity index is 1460. The number of aromatic hydroxyl groups is 2. The van der Waals surface area contributed by atoms with E-state index in [4.69, 9.17) is 16.2 Å². The highest BCUT2D eigenvalue weighted by atomic mass is 16.5. The number of benzene rings is 2. The number of nitrogen functional groups attached to an aromatic ring is 2. The molecule has 0 aliphatic carbocycles. The summed E-state index contributed by atoms with van der Waals surface area (Å²) in [5.41, 5.74) is 10.2. The van der Waals surface area contributed by atoms with Crippen LogP contribution in [0.25, 0.3) is 0 Å². The Morgan fingerprint density at radius 2 is 1.34 bits per heavy atom. The first-order valence-corrected chi connectivity index (χ1v) is 10.2. The molecule has 0 radical (unpaired) electrons. The fourth-order valence-electron chi connectivity index (χ4n) is 3.56. The quantitative estimate of drug-likeness (QED) is 0.178. The summed E-state index contributed by atoms with van der Waals surface area (Å²) in [6, 6.07) is 12.6. The molecule has 12 nitrogen and oxygen atoms in total. The van der Waals surface area contributed by atoms with Gasteiger partial charge in [0.15, 0.2) is 0 Å². The van der Waals surface area contributed by atoms with Gasteiger partial charge < -0.3 is 26.4 Å². The molecule has 0 amide bonds. The first-order chi connectivity index (χ1) is 16.6. The lowest BCUT2D eigenvalue weighted by Gasteiger charge is -2.18. The molecule has 4 aromatic rings. The van der Waals surface area contributed by atoms with Gasteiger partial charge in [0.2, 0.25) is 23.7 Å². The number of aromatic amines is 2.